The van der Waals surface area contributed by atoms with Gasteiger partial charge in [0.05, 0.1) is 27.5 Å². The molecule has 0 spiro atoms. The lowest BCUT2D eigenvalue weighted by molar-refractivity contribution is -0.742. The van der Waals surface area contributed by atoms with E-state index in [1.807, 2.05) is 36.0 Å². The number of benzene rings is 1. The molecular formula is C21H21N4O3S+. The third kappa shape index (κ3) is 3.37. The van der Waals surface area contributed by atoms with E-state index in [4.69, 9.17) is 0 Å². The molecule has 2 N–H and O–H groups in total. The molecule has 2 heterocycles. The molecule has 1 aromatic heterocycles. The van der Waals surface area contributed by atoms with Gasteiger partial charge in [-0.15, -0.1) is 12.6 Å². The molecule has 8 heteroatoms. The third-order valence-corrected chi connectivity index (χ3v) is 6.13. The van der Waals surface area contributed by atoms with Gasteiger partial charge in [-0.3, -0.25) is 10.1 Å². The molecule has 0 unspecified atom stereocenters. The van der Waals surface area contributed by atoms with E-state index in [1.54, 1.807) is 12.1 Å². The van der Waals surface area contributed by atoms with E-state index in [9.17, 15) is 20.5 Å². The molecule has 0 radical (unpaired) electrons. The highest BCUT2D eigenvalue weighted by atomic mass is 32.1. The molecule has 148 valence electrons. The number of hydrogen-bond acceptors (Lipinski definition) is 6. The van der Waals surface area contributed by atoms with Crippen LogP contribution in [0.25, 0.3) is 0 Å². The number of nitriles is 1. The van der Waals surface area contributed by atoms with Crippen LogP contribution in [0.15, 0.2) is 59.4 Å². The summed E-state index contributed by atoms with van der Waals surface area (Å²) in [5, 5.41) is 36.1. The number of thiol groups is 1. The Morgan fingerprint density at radius 3 is 2.41 bits per heavy atom. The third-order valence-electron chi connectivity index (χ3n) is 5.77. The number of aromatic nitrogens is 1. The van der Waals surface area contributed by atoms with Crippen LogP contribution in [0.3, 0.4) is 0 Å². The number of aryl methyl sites for hydroxylation is 1. The first kappa shape index (κ1) is 19.4. The minimum absolute atomic E-state index is 0.0201. The van der Waals surface area contributed by atoms with E-state index in [-0.39, 0.29) is 11.6 Å². The van der Waals surface area contributed by atoms with Crippen LogP contribution >= 0.6 is 12.6 Å². The van der Waals surface area contributed by atoms with E-state index in [2.05, 4.69) is 24.0 Å². The molecular weight excluding hydrogens is 388 g/mol. The SMILES string of the molecule is Cc1cc[n+]([C@@H]2[C@@H](c3ccc([N+](=O)[O-])cc3)C(C#N)=C(S)N[C@]2(O)C2CC2)cc1. The van der Waals surface area contributed by atoms with Gasteiger partial charge in [-0.1, -0.05) is 12.1 Å². The Balaban J connectivity index is 1.90. The van der Waals surface area contributed by atoms with Crippen molar-refractivity contribution in [1.82, 2.24) is 5.32 Å². The number of rotatable bonds is 4. The van der Waals surface area contributed by atoms with Crippen LogP contribution in [0.5, 0.6) is 0 Å². The second kappa shape index (κ2) is 7.17. The number of nitro benzene ring substituents is 1. The average Bonchev–Trinajstić information content (AvgIpc) is 3.54. The molecule has 2 aliphatic rings. The van der Waals surface area contributed by atoms with E-state index < -0.39 is 22.6 Å². The van der Waals surface area contributed by atoms with Crippen molar-refractivity contribution in [3.05, 3.63) is 80.6 Å². The summed E-state index contributed by atoms with van der Waals surface area (Å²) >= 11 is 4.47. The van der Waals surface area contributed by atoms with Gasteiger partial charge in [0.15, 0.2) is 12.4 Å². The van der Waals surface area contributed by atoms with Gasteiger partial charge in [0.2, 0.25) is 11.8 Å². The predicted molar refractivity (Wildman–Crippen MR) is 109 cm³/mol. The highest BCUT2D eigenvalue weighted by Gasteiger charge is 2.60. The molecule has 0 amide bonds. The number of nitrogens with one attached hydrogen (secondary N) is 1. The quantitative estimate of drug-likeness (QED) is 0.312. The van der Waals surface area contributed by atoms with Crippen molar-refractivity contribution in [3.8, 4) is 6.07 Å². The van der Waals surface area contributed by atoms with E-state index in [0.29, 0.717) is 10.6 Å². The Kier molecular flexibility index (Phi) is 4.81. The smallest absolute Gasteiger partial charge is 0.269 e. The lowest BCUT2D eigenvalue weighted by Crippen LogP contribution is -2.65. The molecule has 2 aromatic rings. The number of non-ortho nitro benzene ring substituents is 1. The summed E-state index contributed by atoms with van der Waals surface area (Å²) in [4.78, 5) is 10.6. The number of aliphatic hydroxyl groups is 1. The summed E-state index contributed by atoms with van der Waals surface area (Å²) in [5.41, 5.74) is 0.887. The molecule has 1 saturated carbocycles. The second-order valence-electron chi connectivity index (χ2n) is 7.69. The van der Waals surface area contributed by atoms with Gasteiger partial charge < -0.3 is 10.4 Å². The fourth-order valence-electron chi connectivity index (χ4n) is 4.13. The average molecular weight is 409 g/mol. The molecule has 7 nitrogen and oxygen atoms in total. The molecule has 1 aromatic carbocycles. The first-order valence-corrected chi connectivity index (χ1v) is 9.85. The maximum absolute atomic E-state index is 11.7. The second-order valence-corrected chi connectivity index (χ2v) is 8.14. The van der Waals surface area contributed by atoms with E-state index in [1.165, 1.54) is 12.1 Å². The number of nitrogens with zero attached hydrogens (tertiary/aromatic N) is 3. The Morgan fingerprint density at radius 2 is 1.90 bits per heavy atom. The van der Waals surface area contributed by atoms with E-state index >= 15 is 0 Å². The first-order chi connectivity index (χ1) is 13.8. The van der Waals surface area contributed by atoms with Crippen molar-refractivity contribution in [1.29, 1.82) is 5.26 Å². The van der Waals surface area contributed by atoms with Gasteiger partial charge >= 0.3 is 0 Å². The lowest BCUT2D eigenvalue weighted by atomic mass is 9.76. The Bertz CT molecular complexity index is 1030. The Hall–Kier alpha value is -2.89. The molecule has 0 saturated heterocycles. The minimum atomic E-state index is -1.29. The highest BCUT2D eigenvalue weighted by Crippen LogP contribution is 2.52. The van der Waals surface area contributed by atoms with Crippen molar-refractivity contribution < 1.29 is 14.6 Å². The van der Waals surface area contributed by atoms with Gasteiger partial charge in [0.1, 0.15) is 0 Å². The zero-order valence-electron chi connectivity index (χ0n) is 15.8. The molecule has 1 aliphatic heterocycles. The maximum Gasteiger partial charge on any atom is 0.269 e. The van der Waals surface area contributed by atoms with Crippen LogP contribution in [0.2, 0.25) is 0 Å². The topological polar surface area (TPSA) is 103 Å². The molecule has 1 aliphatic carbocycles. The van der Waals surface area contributed by atoms with Gasteiger partial charge in [0, 0.05) is 30.2 Å². The van der Waals surface area contributed by atoms with E-state index in [0.717, 1.165) is 24.0 Å². The van der Waals surface area contributed by atoms with Crippen LogP contribution < -0.4 is 9.88 Å². The zero-order valence-corrected chi connectivity index (χ0v) is 16.7. The zero-order chi connectivity index (χ0) is 20.8. The molecule has 3 atom stereocenters. The Labute approximate surface area is 173 Å². The summed E-state index contributed by atoms with van der Waals surface area (Å²) in [6.45, 7) is 1.98. The van der Waals surface area contributed by atoms with Crippen LogP contribution in [-0.4, -0.2) is 15.8 Å². The number of hydrogen-bond donors (Lipinski definition) is 3. The standard InChI is InChI=1S/C21H20N4O3S/c1-13-8-10-24(11-9-13)19-18(14-2-6-16(7-3-14)25(27)28)17(12-22)20(29)23-21(19,26)15-4-5-15/h2-3,6-11,15,18-19,23,26H,4-5H2,1H3/p+1/t18-,19+,21-/m0/s1. The fraction of sp³-hybridized carbons (Fsp3) is 0.333. The fourth-order valence-corrected chi connectivity index (χ4v) is 4.50. The maximum atomic E-state index is 11.7. The van der Waals surface area contributed by atoms with Gasteiger partial charge in [-0.2, -0.15) is 9.83 Å². The molecule has 4 rings (SSSR count). The first-order valence-electron chi connectivity index (χ1n) is 9.40. The monoisotopic (exact) mass is 409 g/mol. The van der Waals surface area contributed by atoms with Crippen molar-refractivity contribution in [3.63, 3.8) is 0 Å². The van der Waals surface area contributed by atoms with Crippen LogP contribution in [0.4, 0.5) is 5.69 Å². The van der Waals surface area contributed by atoms with Crippen LogP contribution in [0, 0.1) is 34.3 Å². The van der Waals surface area contributed by atoms with Crippen LogP contribution in [-0.2, 0) is 0 Å². The summed E-state index contributed by atoms with van der Waals surface area (Å²) in [6.07, 6.45) is 5.54. The van der Waals surface area contributed by atoms with Gasteiger partial charge in [0.25, 0.3) is 5.69 Å². The highest BCUT2D eigenvalue weighted by molar-refractivity contribution is 7.84. The summed E-state index contributed by atoms with van der Waals surface area (Å²) in [5.74, 6) is -0.475. The molecule has 1 fully saturated rings. The van der Waals surface area contributed by atoms with Crippen molar-refractivity contribution >= 4 is 18.3 Å². The lowest BCUT2D eigenvalue weighted by Gasteiger charge is -2.42. The van der Waals surface area contributed by atoms with Crippen molar-refractivity contribution in [2.45, 2.75) is 37.5 Å². The largest absolute Gasteiger partial charge is 0.365 e. The Morgan fingerprint density at radius 1 is 1.28 bits per heavy atom. The van der Waals surface area contributed by atoms with Crippen molar-refractivity contribution in [2.24, 2.45) is 5.92 Å². The minimum Gasteiger partial charge on any atom is -0.365 e. The summed E-state index contributed by atoms with van der Waals surface area (Å²) < 4.78 is 1.92. The number of nitro groups is 1. The normalized spacial score (nSPS) is 26.6. The predicted octanol–water partition coefficient (Wildman–Crippen LogP) is 2.88. The molecule has 29 heavy (non-hydrogen) atoms. The summed E-state index contributed by atoms with van der Waals surface area (Å²) in [6, 6.07) is 11.8. The van der Waals surface area contributed by atoms with Gasteiger partial charge in [-0.25, -0.2) is 0 Å². The summed E-state index contributed by atoms with van der Waals surface area (Å²) in [7, 11) is 0. The molecule has 0 bridgehead atoms. The van der Waals surface area contributed by atoms with Crippen LogP contribution in [0.1, 0.15) is 35.9 Å². The number of allylic oxidation sites excluding steroid dienone is 1. The van der Waals surface area contributed by atoms with Gasteiger partial charge in [-0.05, 0) is 30.9 Å². The number of pyridine rings is 1. The van der Waals surface area contributed by atoms with Crippen molar-refractivity contribution in [2.75, 3.05) is 0 Å².